The Bertz CT molecular complexity index is 461. The molecule has 0 aliphatic rings. The summed E-state index contributed by atoms with van der Waals surface area (Å²) in [5, 5.41) is 0. The highest BCUT2D eigenvalue weighted by Crippen LogP contribution is 2.14. The van der Waals surface area contributed by atoms with Gasteiger partial charge in [-0.1, -0.05) is 101 Å². The zero-order valence-corrected chi connectivity index (χ0v) is 19.2. The van der Waals surface area contributed by atoms with Crippen molar-refractivity contribution >= 4 is 5.78 Å². The molecule has 1 N–H and O–H groups in total. The van der Waals surface area contributed by atoms with Gasteiger partial charge >= 0.3 is 0 Å². The average molecular weight is 410 g/mol. The van der Waals surface area contributed by atoms with Crippen LogP contribution in [-0.4, -0.2) is 26.4 Å². The van der Waals surface area contributed by atoms with E-state index in [1.165, 1.54) is 90.0 Å². The number of halogens is 1. The molecule has 0 amide bonds. The second-order valence-corrected chi connectivity index (χ2v) is 8.45. The molecule has 162 valence electrons. The van der Waals surface area contributed by atoms with Crippen molar-refractivity contribution in [1.29, 1.82) is 0 Å². The van der Waals surface area contributed by atoms with Crippen molar-refractivity contribution in [3.63, 3.8) is 0 Å². The lowest BCUT2D eigenvalue weighted by Crippen LogP contribution is -3.05. The Hall–Kier alpha value is -0.860. The number of quaternary nitrogens is 1. The molecule has 0 unspecified atom stereocenters. The summed E-state index contributed by atoms with van der Waals surface area (Å²) in [6.07, 6.45) is 19.7. The maximum Gasteiger partial charge on any atom is 0.162 e. The van der Waals surface area contributed by atoms with Gasteiger partial charge < -0.3 is 17.3 Å². The maximum absolute atomic E-state index is 12.0. The quantitative estimate of drug-likeness (QED) is 0.292. The lowest BCUT2D eigenvalue weighted by molar-refractivity contribution is -0.858. The Morgan fingerprint density at radius 3 is 1.46 bits per heavy atom. The van der Waals surface area contributed by atoms with E-state index in [1.54, 1.807) is 4.90 Å². The molecular formula is C25H44ClNO. The molecule has 1 rings (SSSR count). The molecule has 1 aromatic rings. The molecule has 0 heterocycles. The Balaban J connectivity index is 0.00000729. The van der Waals surface area contributed by atoms with Gasteiger partial charge in [0.05, 0.1) is 20.6 Å². The van der Waals surface area contributed by atoms with Crippen molar-refractivity contribution in [1.82, 2.24) is 0 Å². The normalized spacial score (nSPS) is 10.8. The molecule has 1 aromatic carbocycles. The summed E-state index contributed by atoms with van der Waals surface area (Å²) < 4.78 is 0. The molecule has 0 aliphatic carbocycles. The Morgan fingerprint density at radius 1 is 0.643 bits per heavy atom. The summed E-state index contributed by atoms with van der Waals surface area (Å²) in [6.45, 7) is 1.32. The van der Waals surface area contributed by atoms with Crippen LogP contribution in [0.15, 0.2) is 30.3 Å². The highest BCUT2D eigenvalue weighted by Gasteiger charge is 2.04. The van der Waals surface area contributed by atoms with E-state index in [0.717, 1.165) is 12.0 Å². The van der Waals surface area contributed by atoms with E-state index in [0.29, 0.717) is 12.2 Å². The Morgan fingerprint density at radius 2 is 1.04 bits per heavy atom. The fraction of sp³-hybridized carbons (Fsp3) is 0.720. The number of Topliss-reactive ketones (excluding diaryl/α,β-unsaturated/α-hetero) is 1. The standard InChI is InChI=1S/C25H43NO.ClH/c1-26(2)23-19-14-12-10-8-6-4-3-5-7-9-11-13-18-22-25(27)24-20-16-15-17-21-24;/h15-17,20-21H,3-14,18-19,22-23H2,1-2H3;1H. The third kappa shape index (κ3) is 16.1. The van der Waals surface area contributed by atoms with Gasteiger partial charge in [-0.05, 0) is 19.3 Å². The highest BCUT2D eigenvalue weighted by atomic mass is 35.5. The third-order valence-corrected chi connectivity index (χ3v) is 5.43. The fourth-order valence-corrected chi connectivity index (χ4v) is 3.65. The van der Waals surface area contributed by atoms with Gasteiger partial charge in [0, 0.05) is 12.0 Å². The van der Waals surface area contributed by atoms with Gasteiger partial charge in [0.15, 0.2) is 5.78 Å². The zero-order chi connectivity index (χ0) is 19.6. The van der Waals surface area contributed by atoms with Gasteiger partial charge in [-0.2, -0.15) is 0 Å². The summed E-state index contributed by atoms with van der Waals surface area (Å²) >= 11 is 0. The summed E-state index contributed by atoms with van der Waals surface area (Å²) in [7, 11) is 4.49. The number of hydrogen-bond donors (Lipinski definition) is 1. The first-order chi connectivity index (χ1) is 13.2. The first-order valence-electron chi connectivity index (χ1n) is 11.6. The molecule has 0 spiro atoms. The van der Waals surface area contributed by atoms with Crippen LogP contribution in [-0.2, 0) is 0 Å². The van der Waals surface area contributed by atoms with Crippen LogP contribution < -0.4 is 17.3 Å². The molecular weight excluding hydrogens is 366 g/mol. The number of unbranched alkanes of at least 4 members (excludes halogenated alkanes) is 13. The molecule has 0 saturated carbocycles. The predicted octanol–water partition coefficient (Wildman–Crippen LogP) is 2.87. The lowest BCUT2D eigenvalue weighted by atomic mass is 10.0. The van der Waals surface area contributed by atoms with Crippen LogP contribution >= 0.6 is 0 Å². The van der Waals surface area contributed by atoms with E-state index >= 15 is 0 Å². The summed E-state index contributed by atoms with van der Waals surface area (Å²) in [6, 6.07) is 9.70. The van der Waals surface area contributed by atoms with E-state index in [2.05, 4.69) is 14.1 Å². The molecule has 0 radical (unpaired) electrons. The van der Waals surface area contributed by atoms with Gasteiger partial charge in [-0.25, -0.2) is 0 Å². The Labute approximate surface area is 180 Å². The lowest BCUT2D eigenvalue weighted by Gasteiger charge is -2.06. The molecule has 0 fully saturated rings. The second kappa shape index (κ2) is 19.5. The number of rotatable bonds is 18. The van der Waals surface area contributed by atoms with Gasteiger partial charge in [0.25, 0.3) is 0 Å². The van der Waals surface area contributed by atoms with Crippen LogP contribution in [0.5, 0.6) is 0 Å². The number of carbonyl (C=O) groups excluding carboxylic acids is 1. The first kappa shape index (κ1) is 27.1. The van der Waals surface area contributed by atoms with Crippen molar-refractivity contribution in [3.05, 3.63) is 35.9 Å². The smallest absolute Gasteiger partial charge is 0.162 e. The summed E-state index contributed by atoms with van der Waals surface area (Å²) in [5.41, 5.74) is 0.868. The molecule has 0 aliphatic heterocycles. The predicted molar refractivity (Wildman–Crippen MR) is 118 cm³/mol. The van der Waals surface area contributed by atoms with Crippen LogP contribution in [0.4, 0.5) is 0 Å². The average Bonchev–Trinajstić information content (AvgIpc) is 2.68. The first-order valence-corrected chi connectivity index (χ1v) is 11.6. The SMILES string of the molecule is C[NH+](C)CCCCCCCCCCCCCCCCC(=O)c1ccccc1.[Cl-]. The van der Waals surface area contributed by atoms with Crippen LogP contribution in [0.2, 0.25) is 0 Å². The van der Waals surface area contributed by atoms with E-state index in [9.17, 15) is 4.79 Å². The van der Waals surface area contributed by atoms with Crippen molar-refractivity contribution in [3.8, 4) is 0 Å². The van der Waals surface area contributed by atoms with Crippen LogP contribution in [0.3, 0.4) is 0 Å². The summed E-state index contributed by atoms with van der Waals surface area (Å²) in [4.78, 5) is 13.6. The van der Waals surface area contributed by atoms with E-state index in [1.807, 2.05) is 30.3 Å². The highest BCUT2D eigenvalue weighted by molar-refractivity contribution is 5.95. The molecule has 3 heteroatoms. The number of carbonyl (C=O) groups is 1. The molecule has 28 heavy (non-hydrogen) atoms. The Kier molecular flexibility index (Phi) is 18.9. The third-order valence-electron chi connectivity index (χ3n) is 5.43. The van der Waals surface area contributed by atoms with Crippen molar-refractivity contribution < 1.29 is 22.1 Å². The van der Waals surface area contributed by atoms with E-state index in [4.69, 9.17) is 0 Å². The topological polar surface area (TPSA) is 21.5 Å². The minimum Gasteiger partial charge on any atom is -1.00 e. The monoisotopic (exact) mass is 409 g/mol. The second-order valence-electron chi connectivity index (χ2n) is 8.45. The number of benzene rings is 1. The van der Waals surface area contributed by atoms with E-state index < -0.39 is 0 Å². The van der Waals surface area contributed by atoms with Crippen LogP contribution in [0.1, 0.15) is 107 Å². The molecule has 0 saturated heterocycles. The molecule has 0 aromatic heterocycles. The van der Waals surface area contributed by atoms with Crippen molar-refractivity contribution in [2.45, 2.75) is 96.3 Å². The van der Waals surface area contributed by atoms with Gasteiger partial charge in [0.2, 0.25) is 0 Å². The number of hydrogen-bond acceptors (Lipinski definition) is 1. The van der Waals surface area contributed by atoms with Gasteiger partial charge in [-0.3, -0.25) is 4.79 Å². The van der Waals surface area contributed by atoms with Crippen LogP contribution in [0.25, 0.3) is 0 Å². The van der Waals surface area contributed by atoms with Crippen molar-refractivity contribution in [2.75, 3.05) is 20.6 Å². The van der Waals surface area contributed by atoms with Crippen LogP contribution in [0, 0.1) is 0 Å². The summed E-state index contributed by atoms with van der Waals surface area (Å²) in [5.74, 6) is 0.300. The largest absolute Gasteiger partial charge is 1.00 e. The fourth-order valence-electron chi connectivity index (χ4n) is 3.65. The maximum atomic E-state index is 12.0. The van der Waals surface area contributed by atoms with Crippen molar-refractivity contribution in [2.24, 2.45) is 0 Å². The van der Waals surface area contributed by atoms with Gasteiger partial charge in [-0.15, -0.1) is 0 Å². The van der Waals surface area contributed by atoms with E-state index in [-0.39, 0.29) is 12.4 Å². The molecule has 0 atom stereocenters. The number of ketones is 1. The minimum absolute atomic E-state index is 0. The molecule has 2 nitrogen and oxygen atoms in total. The molecule has 0 bridgehead atoms. The van der Waals surface area contributed by atoms with Gasteiger partial charge in [0.1, 0.15) is 0 Å². The number of nitrogens with one attached hydrogen (secondary N) is 1. The minimum atomic E-state index is 0. The zero-order valence-electron chi connectivity index (χ0n) is 18.5.